The van der Waals surface area contributed by atoms with Gasteiger partial charge in [0.05, 0.1) is 22.4 Å². The van der Waals surface area contributed by atoms with Gasteiger partial charge in [-0.1, -0.05) is 168 Å². The van der Waals surface area contributed by atoms with E-state index in [2.05, 4.69) is 258 Å². The number of hydrogen-bond acceptors (Lipinski definition) is 2. The van der Waals surface area contributed by atoms with Crippen molar-refractivity contribution in [2.24, 2.45) is 0 Å². The molecule has 0 spiro atoms. The fourth-order valence-electron chi connectivity index (χ4n) is 9.38. The van der Waals surface area contributed by atoms with E-state index in [1.807, 2.05) is 0 Å². The van der Waals surface area contributed by atoms with E-state index >= 15 is 0 Å². The minimum atomic E-state index is 0.0436. The maximum absolute atomic E-state index is 2.50. The van der Waals surface area contributed by atoms with Crippen molar-refractivity contribution in [2.45, 2.75) is 66.2 Å². The molecule has 0 aliphatic carbocycles. The van der Waals surface area contributed by atoms with E-state index in [1.165, 1.54) is 54.6 Å². The summed E-state index contributed by atoms with van der Waals surface area (Å²) in [6, 6.07) is 70.1. The van der Waals surface area contributed by atoms with Gasteiger partial charge in [-0.15, -0.1) is 0 Å². The zero-order valence-corrected chi connectivity index (χ0v) is 37.7. The molecular formula is C60H55N3. The van der Waals surface area contributed by atoms with Gasteiger partial charge in [-0.25, -0.2) is 0 Å². The number of aryl methyl sites for hydroxylation is 2. The Balaban J connectivity index is 1.33. The highest BCUT2D eigenvalue weighted by molar-refractivity contribution is 6.32. The molecule has 1 heterocycles. The SMILES string of the molecule is Cc1ccc(N(c2ccc(C(C)(C)C)cc2)c2cc3c(c4ccccc24)c2c4ccccc4c(N(c4ccc(C)cc4)c4ccc(C(C)(C)C)cc4)cc2n3-c2ccccc2)cc1. The van der Waals surface area contributed by atoms with Crippen molar-refractivity contribution in [1.29, 1.82) is 0 Å². The van der Waals surface area contributed by atoms with Gasteiger partial charge >= 0.3 is 0 Å². The average molecular weight is 818 g/mol. The van der Waals surface area contributed by atoms with E-state index in [9.17, 15) is 0 Å². The normalized spacial score (nSPS) is 12.1. The number of rotatable bonds is 7. The Kier molecular flexibility index (Phi) is 9.75. The van der Waals surface area contributed by atoms with Crippen LogP contribution in [-0.4, -0.2) is 4.57 Å². The van der Waals surface area contributed by atoms with Gasteiger partial charge in [-0.3, -0.25) is 0 Å². The molecule has 0 unspecified atom stereocenters. The molecule has 10 aromatic rings. The first-order valence-electron chi connectivity index (χ1n) is 22.3. The molecule has 0 saturated carbocycles. The molecule has 0 saturated heterocycles. The average Bonchev–Trinajstić information content (AvgIpc) is 3.62. The van der Waals surface area contributed by atoms with Crippen LogP contribution in [0.3, 0.4) is 0 Å². The van der Waals surface area contributed by atoms with Crippen LogP contribution in [0.5, 0.6) is 0 Å². The van der Waals surface area contributed by atoms with Crippen molar-refractivity contribution in [3.8, 4) is 5.69 Å². The Labute approximate surface area is 372 Å². The Hall–Kier alpha value is -7.10. The third-order valence-electron chi connectivity index (χ3n) is 12.8. The predicted octanol–water partition coefficient (Wildman–Crippen LogP) is 17.2. The number of nitrogens with zero attached hydrogens (tertiary/aromatic N) is 3. The maximum Gasteiger partial charge on any atom is 0.0568 e. The van der Waals surface area contributed by atoms with Crippen molar-refractivity contribution in [1.82, 2.24) is 4.57 Å². The van der Waals surface area contributed by atoms with Crippen LogP contribution in [0.15, 0.2) is 188 Å². The first-order valence-corrected chi connectivity index (χ1v) is 22.3. The lowest BCUT2D eigenvalue weighted by molar-refractivity contribution is 0.590. The number of fused-ring (bicyclic) bond motifs is 7. The lowest BCUT2D eigenvalue weighted by Crippen LogP contribution is -2.13. The molecule has 3 heteroatoms. The van der Waals surface area contributed by atoms with Crippen molar-refractivity contribution in [3.05, 3.63) is 210 Å². The second-order valence-corrected chi connectivity index (χ2v) is 19.3. The second kappa shape index (κ2) is 15.4. The summed E-state index contributed by atoms with van der Waals surface area (Å²) >= 11 is 0. The topological polar surface area (TPSA) is 11.4 Å². The van der Waals surface area contributed by atoms with Gasteiger partial charge in [0.2, 0.25) is 0 Å². The van der Waals surface area contributed by atoms with E-state index in [0.717, 1.165) is 50.8 Å². The fraction of sp³-hybridized carbons (Fsp3) is 0.167. The van der Waals surface area contributed by atoms with Gasteiger partial charge < -0.3 is 14.4 Å². The van der Waals surface area contributed by atoms with Crippen LogP contribution in [-0.2, 0) is 10.8 Å². The van der Waals surface area contributed by atoms with Crippen LogP contribution in [0.2, 0.25) is 0 Å². The Morgan fingerprint density at radius 1 is 0.349 bits per heavy atom. The molecule has 0 bridgehead atoms. The Morgan fingerprint density at radius 2 is 0.667 bits per heavy atom. The number of aromatic nitrogens is 1. The van der Waals surface area contributed by atoms with Crippen LogP contribution >= 0.6 is 0 Å². The predicted molar refractivity (Wildman–Crippen MR) is 272 cm³/mol. The van der Waals surface area contributed by atoms with Crippen LogP contribution < -0.4 is 9.80 Å². The lowest BCUT2D eigenvalue weighted by atomic mass is 9.87. The van der Waals surface area contributed by atoms with E-state index < -0.39 is 0 Å². The van der Waals surface area contributed by atoms with Crippen LogP contribution in [0.25, 0.3) is 49.0 Å². The molecule has 0 aliphatic rings. The zero-order chi connectivity index (χ0) is 43.6. The summed E-state index contributed by atoms with van der Waals surface area (Å²) in [5, 5.41) is 7.34. The summed E-state index contributed by atoms with van der Waals surface area (Å²) in [6.07, 6.45) is 0. The molecule has 0 fully saturated rings. The summed E-state index contributed by atoms with van der Waals surface area (Å²) in [5.74, 6) is 0. The third kappa shape index (κ3) is 7.12. The summed E-state index contributed by atoms with van der Waals surface area (Å²) in [4.78, 5) is 4.90. The monoisotopic (exact) mass is 817 g/mol. The van der Waals surface area contributed by atoms with Gasteiger partial charge in [0.25, 0.3) is 0 Å². The van der Waals surface area contributed by atoms with E-state index in [1.54, 1.807) is 0 Å². The number of para-hydroxylation sites is 1. The standard InChI is InChI=1S/C60H55N3/c1-40-22-30-45(31-23-40)61(47-34-26-42(27-35-47)59(3,4)5)53-38-55-57(51-20-14-12-18-49(51)53)58-52-21-15-13-19-50(52)54(39-56(58)63(55)44-16-10-9-11-17-44)62(46-32-24-41(2)25-33-46)48-36-28-43(29-37-48)60(6,7)8/h9-39H,1-8H3. The summed E-state index contributed by atoms with van der Waals surface area (Å²) < 4.78 is 2.50. The zero-order valence-electron chi connectivity index (χ0n) is 37.7. The highest BCUT2D eigenvalue weighted by Crippen LogP contribution is 2.50. The Morgan fingerprint density at radius 3 is 1.02 bits per heavy atom. The molecule has 0 atom stereocenters. The van der Waals surface area contributed by atoms with Crippen LogP contribution in [0, 0.1) is 13.8 Å². The molecule has 9 aromatic carbocycles. The molecule has 0 aliphatic heterocycles. The highest BCUT2D eigenvalue weighted by atomic mass is 15.2. The minimum Gasteiger partial charge on any atom is -0.310 e. The van der Waals surface area contributed by atoms with Gasteiger partial charge in [0, 0.05) is 50.0 Å². The molecule has 1 aromatic heterocycles. The molecule has 3 nitrogen and oxygen atoms in total. The van der Waals surface area contributed by atoms with Crippen LogP contribution in [0.1, 0.15) is 63.8 Å². The summed E-state index contributed by atoms with van der Waals surface area (Å²) in [6.45, 7) is 18.0. The smallest absolute Gasteiger partial charge is 0.0568 e. The van der Waals surface area contributed by atoms with Crippen molar-refractivity contribution in [3.63, 3.8) is 0 Å². The second-order valence-electron chi connectivity index (χ2n) is 19.3. The molecule has 310 valence electrons. The minimum absolute atomic E-state index is 0.0436. The van der Waals surface area contributed by atoms with E-state index in [0.29, 0.717) is 0 Å². The van der Waals surface area contributed by atoms with E-state index in [4.69, 9.17) is 0 Å². The van der Waals surface area contributed by atoms with Gasteiger partial charge in [0.15, 0.2) is 0 Å². The molecule has 63 heavy (non-hydrogen) atoms. The van der Waals surface area contributed by atoms with Gasteiger partial charge in [0.1, 0.15) is 0 Å². The van der Waals surface area contributed by atoms with Crippen LogP contribution in [0.4, 0.5) is 34.1 Å². The van der Waals surface area contributed by atoms with Gasteiger partial charge in [-0.05, 0) is 119 Å². The number of benzene rings is 9. The Bertz CT molecular complexity index is 3070. The lowest BCUT2D eigenvalue weighted by Gasteiger charge is -2.28. The van der Waals surface area contributed by atoms with Crippen molar-refractivity contribution < 1.29 is 0 Å². The molecule has 10 rings (SSSR count). The van der Waals surface area contributed by atoms with E-state index in [-0.39, 0.29) is 10.8 Å². The first-order chi connectivity index (χ1) is 30.3. The largest absolute Gasteiger partial charge is 0.310 e. The molecular weight excluding hydrogens is 763 g/mol. The molecule has 0 amide bonds. The van der Waals surface area contributed by atoms with Gasteiger partial charge in [-0.2, -0.15) is 0 Å². The van der Waals surface area contributed by atoms with Crippen molar-refractivity contribution in [2.75, 3.05) is 9.80 Å². The quantitative estimate of drug-likeness (QED) is 0.159. The maximum atomic E-state index is 2.50. The van der Waals surface area contributed by atoms with Crippen molar-refractivity contribution >= 4 is 77.5 Å². The number of hydrogen-bond donors (Lipinski definition) is 0. The fourth-order valence-corrected chi connectivity index (χ4v) is 9.38. The summed E-state index contributed by atoms with van der Waals surface area (Å²) in [7, 11) is 0. The first kappa shape index (κ1) is 40.0. The third-order valence-corrected chi connectivity index (χ3v) is 12.8. The molecule has 0 radical (unpaired) electrons. The number of anilines is 6. The molecule has 0 N–H and O–H groups in total. The highest BCUT2D eigenvalue weighted by Gasteiger charge is 2.26. The summed E-state index contributed by atoms with van der Waals surface area (Å²) in [5.41, 5.74) is 15.4.